The Balaban J connectivity index is 2.46. The van der Waals surface area contributed by atoms with Crippen LogP contribution in [0.1, 0.15) is 11.3 Å². The smallest absolute Gasteiger partial charge is 0.481 e. The highest BCUT2D eigenvalue weighted by molar-refractivity contribution is 5.75. The summed E-state index contributed by atoms with van der Waals surface area (Å²) in [4.78, 5) is 14.3. The lowest BCUT2D eigenvalue weighted by molar-refractivity contribution is -0.274. The summed E-state index contributed by atoms with van der Waals surface area (Å²) in [6.07, 6.45) is -10.3. The van der Waals surface area contributed by atoms with E-state index in [9.17, 15) is 31.1 Å². The lowest BCUT2D eigenvalue weighted by atomic mass is 10.0. The number of halogens is 6. The van der Waals surface area contributed by atoms with Gasteiger partial charge in [0, 0.05) is 5.56 Å². The van der Waals surface area contributed by atoms with Crippen molar-refractivity contribution >= 4 is 5.97 Å². The standard InChI is InChI=1S/C15H9F6NO3/c16-14(17,18)11-6-3-9(7-12(23)24)13(22-11)8-1-4-10(5-2-8)25-15(19,20)21/h1-6H,7H2,(H,23,24). The highest BCUT2D eigenvalue weighted by Gasteiger charge is 2.33. The van der Waals surface area contributed by atoms with Crippen molar-refractivity contribution in [2.75, 3.05) is 0 Å². The Hall–Kier alpha value is -2.78. The fraction of sp³-hybridized carbons (Fsp3) is 0.200. The van der Waals surface area contributed by atoms with E-state index in [1.165, 1.54) is 0 Å². The summed E-state index contributed by atoms with van der Waals surface area (Å²) in [7, 11) is 0. The van der Waals surface area contributed by atoms with Crippen molar-refractivity contribution in [1.29, 1.82) is 0 Å². The number of rotatable bonds is 4. The Morgan fingerprint density at radius 3 is 2.08 bits per heavy atom. The van der Waals surface area contributed by atoms with Gasteiger partial charge in [-0.25, -0.2) is 4.98 Å². The van der Waals surface area contributed by atoms with Gasteiger partial charge >= 0.3 is 18.5 Å². The highest BCUT2D eigenvalue weighted by atomic mass is 19.4. The normalized spacial score (nSPS) is 12.1. The molecule has 25 heavy (non-hydrogen) atoms. The Kier molecular flexibility index (Phi) is 4.91. The molecule has 0 bridgehead atoms. The van der Waals surface area contributed by atoms with Gasteiger partial charge < -0.3 is 9.84 Å². The van der Waals surface area contributed by atoms with Crippen LogP contribution in [0.5, 0.6) is 5.75 Å². The van der Waals surface area contributed by atoms with Crippen LogP contribution in [0.2, 0.25) is 0 Å². The fourth-order valence-corrected chi connectivity index (χ4v) is 2.02. The molecule has 0 amide bonds. The summed E-state index contributed by atoms with van der Waals surface area (Å²) in [5.74, 6) is -1.86. The number of hydrogen-bond acceptors (Lipinski definition) is 3. The van der Waals surface area contributed by atoms with Crippen LogP contribution in [0.3, 0.4) is 0 Å². The first-order valence-corrected chi connectivity index (χ1v) is 6.61. The predicted molar refractivity (Wildman–Crippen MR) is 72.7 cm³/mol. The van der Waals surface area contributed by atoms with Crippen LogP contribution in [0.4, 0.5) is 26.3 Å². The number of carboxylic acid groups (broad SMARTS) is 1. The number of nitrogens with zero attached hydrogens (tertiary/aromatic N) is 1. The molecule has 2 rings (SSSR count). The quantitative estimate of drug-likeness (QED) is 0.821. The molecule has 0 saturated heterocycles. The van der Waals surface area contributed by atoms with Crippen molar-refractivity contribution in [3.05, 3.63) is 47.7 Å². The zero-order valence-corrected chi connectivity index (χ0v) is 12.1. The number of aromatic nitrogens is 1. The molecule has 1 aromatic carbocycles. The first-order chi connectivity index (χ1) is 11.5. The van der Waals surface area contributed by atoms with Crippen molar-refractivity contribution in [2.24, 2.45) is 0 Å². The van der Waals surface area contributed by atoms with Crippen LogP contribution in [0.15, 0.2) is 36.4 Å². The van der Waals surface area contributed by atoms with Crippen LogP contribution >= 0.6 is 0 Å². The summed E-state index contributed by atoms with van der Waals surface area (Å²) < 4.78 is 78.5. The first kappa shape index (κ1) is 18.6. The minimum absolute atomic E-state index is 0.00927. The van der Waals surface area contributed by atoms with Gasteiger partial charge in [0.25, 0.3) is 0 Å². The molecule has 4 nitrogen and oxygen atoms in total. The second-order valence-electron chi connectivity index (χ2n) is 4.84. The first-order valence-electron chi connectivity index (χ1n) is 6.61. The Bertz CT molecular complexity index is 768. The predicted octanol–water partition coefficient (Wildman–Crippen LogP) is 4.29. The highest BCUT2D eigenvalue weighted by Crippen LogP contribution is 2.32. The van der Waals surface area contributed by atoms with E-state index in [0.29, 0.717) is 6.07 Å². The van der Waals surface area contributed by atoms with Crippen molar-refractivity contribution in [3.63, 3.8) is 0 Å². The molecule has 10 heteroatoms. The average molecular weight is 365 g/mol. The third-order valence-corrected chi connectivity index (χ3v) is 2.97. The number of pyridine rings is 1. The lowest BCUT2D eigenvalue weighted by Gasteiger charge is -2.13. The van der Waals surface area contributed by atoms with Gasteiger partial charge in [0.05, 0.1) is 12.1 Å². The molecule has 0 spiro atoms. The van der Waals surface area contributed by atoms with Gasteiger partial charge in [0.2, 0.25) is 0 Å². The molecule has 0 atom stereocenters. The minimum Gasteiger partial charge on any atom is -0.481 e. The zero-order valence-electron chi connectivity index (χ0n) is 12.1. The molecule has 0 saturated carbocycles. The van der Waals surface area contributed by atoms with Gasteiger partial charge in [-0.15, -0.1) is 13.2 Å². The topological polar surface area (TPSA) is 59.4 Å². The third kappa shape index (κ3) is 5.10. The SMILES string of the molecule is O=C(O)Cc1ccc(C(F)(F)F)nc1-c1ccc(OC(F)(F)F)cc1. The van der Waals surface area contributed by atoms with E-state index in [1.54, 1.807) is 0 Å². The summed E-state index contributed by atoms with van der Waals surface area (Å²) in [6, 6.07) is 5.54. The lowest BCUT2D eigenvalue weighted by Crippen LogP contribution is -2.17. The average Bonchev–Trinajstić information content (AvgIpc) is 2.45. The van der Waals surface area contributed by atoms with Crippen LogP contribution in [-0.2, 0) is 17.4 Å². The number of aliphatic carboxylic acids is 1. The summed E-state index contributed by atoms with van der Waals surface area (Å²) in [5.41, 5.74) is -1.51. The molecule has 0 aliphatic heterocycles. The van der Waals surface area contributed by atoms with E-state index in [4.69, 9.17) is 5.11 Å². The summed E-state index contributed by atoms with van der Waals surface area (Å²) in [6.45, 7) is 0. The van der Waals surface area contributed by atoms with Gasteiger partial charge in [-0.2, -0.15) is 13.2 Å². The van der Waals surface area contributed by atoms with Crippen LogP contribution < -0.4 is 4.74 Å². The minimum atomic E-state index is -4.91. The van der Waals surface area contributed by atoms with E-state index in [2.05, 4.69) is 9.72 Å². The van der Waals surface area contributed by atoms with Gasteiger partial charge in [0.15, 0.2) is 0 Å². The Morgan fingerprint density at radius 1 is 1.00 bits per heavy atom. The number of benzene rings is 1. The van der Waals surface area contributed by atoms with Crippen molar-refractivity contribution < 1.29 is 41.0 Å². The molecule has 0 unspecified atom stereocenters. The van der Waals surface area contributed by atoms with Gasteiger partial charge in [-0.05, 0) is 35.9 Å². The van der Waals surface area contributed by atoms with Crippen LogP contribution in [0.25, 0.3) is 11.3 Å². The molecular weight excluding hydrogens is 356 g/mol. The Morgan fingerprint density at radius 2 is 1.60 bits per heavy atom. The van der Waals surface area contributed by atoms with Crippen molar-refractivity contribution in [2.45, 2.75) is 19.0 Å². The van der Waals surface area contributed by atoms with Crippen molar-refractivity contribution in [3.8, 4) is 17.0 Å². The number of alkyl halides is 6. The van der Waals surface area contributed by atoms with Gasteiger partial charge in [-0.1, -0.05) is 6.07 Å². The second-order valence-corrected chi connectivity index (χ2v) is 4.84. The number of carbonyl (C=O) groups is 1. The second kappa shape index (κ2) is 6.61. The summed E-state index contributed by atoms with van der Waals surface area (Å²) >= 11 is 0. The maximum atomic E-state index is 12.8. The zero-order chi connectivity index (χ0) is 18.8. The molecule has 134 valence electrons. The molecule has 1 N–H and O–H groups in total. The molecule has 1 aromatic heterocycles. The molecule has 0 fully saturated rings. The van der Waals surface area contributed by atoms with E-state index < -0.39 is 36.4 Å². The molecular formula is C15H9F6NO3. The molecule has 2 aromatic rings. The monoisotopic (exact) mass is 365 g/mol. The van der Waals surface area contributed by atoms with Crippen molar-refractivity contribution in [1.82, 2.24) is 4.98 Å². The van der Waals surface area contributed by atoms with E-state index in [-0.39, 0.29) is 16.8 Å². The Labute approximate surface area is 136 Å². The van der Waals surface area contributed by atoms with E-state index in [0.717, 1.165) is 30.3 Å². The summed E-state index contributed by atoms with van der Waals surface area (Å²) in [5, 5.41) is 8.84. The van der Waals surface area contributed by atoms with Gasteiger partial charge in [0.1, 0.15) is 11.4 Å². The molecule has 0 aliphatic rings. The van der Waals surface area contributed by atoms with E-state index in [1.807, 2.05) is 0 Å². The molecule has 0 aliphatic carbocycles. The van der Waals surface area contributed by atoms with E-state index >= 15 is 0 Å². The third-order valence-electron chi connectivity index (χ3n) is 2.97. The maximum absolute atomic E-state index is 12.8. The number of carboxylic acids is 1. The van der Waals surface area contributed by atoms with Crippen LogP contribution in [-0.4, -0.2) is 22.4 Å². The molecule has 1 heterocycles. The fourth-order valence-electron chi connectivity index (χ4n) is 2.02. The number of hydrogen-bond donors (Lipinski definition) is 1. The van der Waals surface area contributed by atoms with Gasteiger partial charge in [-0.3, -0.25) is 4.79 Å². The van der Waals surface area contributed by atoms with Crippen LogP contribution in [0, 0.1) is 0 Å². The molecule has 0 radical (unpaired) electrons. The number of ether oxygens (including phenoxy) is 1. The largest absolute Gasteiger partial charge is 0.573 e. The maximum Gasteiger partial charge on any atom is 0.573 e.